The Morgan fingerprint density at radius 3 is 2.50 bits per heavy atom. The predicted octanol–water partition coefficient (Wildman–Crippen LogP) is 3.14. The number of aryl methyl sites for hydroxylation is 3. The summed E-state index contributed by atoms with van der Waals surface area (Å²) in [5, 5.41) is 5.32. The van der Waals surface area contributed by atoms with Crippen molar-refractivity contribution in [3.05, 3.63) is 34.8 Å². The number of hydrogen-bond donors (Lipinski definition) is 0. The first-order chi connectivity index (χ1) is 9.43. The topological polar surface area (TPSA) is 39.8 Å². The maximum absolute atomic E-state index is 12.4. The summed E-state index contributed by atoms with van der Waals surface area (Å²) in [6.45, 7) is 9.02. The molecule has 0 spiro atoms. The highest BCUT2D eigenvalue weighted by atomic mass is 32.2. The average molecular weight is 291 g/mol. The van der Waals surface area contributed by atoms with E-state index in [0.717, 1.165) is 34.2 Å². The fourth-order valence-electron chi connectivity index (χ4n) is 2.51. The third-order valence-corrected chi connectivity index (χ3v) is 4.58. The number of carbonyl (C=O) groups excluding carboxylic acids is 1. The summed E-state index contributed by atoms with van der Waals surface area (Å²) >= 11 is 1.54. The highest BCUT2D eigenvalue weighted by Gasteiger charge is 2.16. The fraction of sp³-hybridized carbons (Fsp3) is 0.467. The summed E-state index contributed by atoms with van der Waals surface area (Å²) in [6.07, 6.45) is 0. The average Bonchev–Trinajstić information content (AvgIpc) is 2.86. The minimum Gasteiger partial charge on any atom is -0.349 e. The van der Waals surface area contributed by atoms with Crippen molar-refractivity contribution in [2.75, 3.05) is 5.75 Å². The third-order valence-electron chi connectivity index (χ3n) is 3.50. The van der Waals surface area contributed by atoms with Crippen molar-refractivity contribution < 1.29 is 4.79 Å². The van der Waals surface area contributed by atoms with Crippen molar-refractivity contribution >= 4 is 17.5 Å². The van der Waals surface area contributed by atoms with Crippen LogP contribution in [0.15, 0.2) is 17.2 Å². The second-order valence-corrected chi connectivity index (χ2v) is 5.98. The Morgan fingerprint density at radius 1 is 1.30 bits per heavy atom. The van der Waals surface area contributed by atoms with E-state index in [0.29, 0.717) is 5.75 Å². The molecule has 0 aromatic carbocycles. The fourth-order valence-corrected chi connectivity index (χ4v) is 3.43. The van der Waals surface area contributed by atoms with E-state index in [4.69, 9.17) is 0 Å². The number of nitrogens with zero attached hydrogens (tertiary/aromatic N) is 3. The van der Waals surface area contributed by atoms with Gasteiger partial charge in [-0.2, -0.15) is 5.10 Å². The van der Waals surface area contributed by atoms with Gasteiger partial charge in [0.2, 0.25) is 0 Å². The van der Waals surface area contributed by atoms with Crippen LogP contribution in [0.5, 0.6) is 0 Å². The Hall–Kier alpha value is -1.49. The number of carbonyl (C=O) groups is 1. The van der Waals surface area contributed by atoms with Gasteiger partial charge in [0, 0.05) is 30.5 Å². The van der Waals surface area contributed by atoms with Crippen LogP contribution in [0.1, 0.15) is 34.4 Å². The predicted molar refractivity (Wildman–Crippen MR) is 82.6 cm³/mol. The maximum Gasteiger partial charge on any atom is 0.174 e. The zero-order valence-electron chi connectivity index (χ0n) is 12.7. The van der Waals surface area contributed by atoms with Gasteiger partial charge in [0.1, 0.15) is 0 Å². The van der Waals surface area contributed by atoms with Gasteiger partial charge < -0.3 is 4.57 Å². The molecule has 0 aliphatic carbocycles. The molecule has 0 atom stereocenters. The van der Waals surface area contributed by atoms with E-state index in [1.165, 1.54) is 0 Å². The molecule has 2 rings (SSSR count). The van der Waals surface area contributed by atoms with E-state index in [1.807, 2.05) is 44.6 Å². The van der Waals surface area contributed by atoms with Crippen LogP contribution in [0.3, 0.4) is 0 Å². The molecular formula is C15H21N3OS. The van der Waals surface area contributed by atoms with E-state index in [1.54, 1.807) is 11.8 Å². The van der Waals surface area contributed by atoms with Gasteiger partial charge in [-0.25, -0.2) is 0 Å². The smallest absolute Gasteiger partial charge is 0.174 e. The first kappa shape index (κ1) is 14.9. The van der Waals surface area contributed by atoms with Crippen LogP contribution in [0.4, 0.5) is 0 Å². The molecule has 0 radical (unpaired) electrons. The van der Waals surface area contributed by atoms with Gasteiger partial charge in [-0.3, -0.25) is 9.48 Å². The highest BCUT2D eigenvalue weighted by molar-refractivity contribution is 7.99. The third kappa shape index (κ3) is 2.82. The molecule has 2 heterocycles. The van der Waals surface area contributed by atoms with Gasteiger partial charge in [-0.05, 0) is 39.8 Å². The standard InChI is InChI=1S/C15H21N3OS/c1-6-18-11(3)8-13(12(18)4)14(19)9-20-15-7-10(2)16-17(15)5/h7-8H,6,9H2,1-5H3. The van der Waals surface area contributed by atoms with Gasteiger partial charge in [0.15, 0.2) is 5.78 Å². The summed E-state index contributed by atoms with van der Waals surface area (Å²) in [5.74, 6) is 0.633. The molecule has 0 aliphatic rings. The molecule has 0 N–H and O–H groups in total. The van der Waals surface area contributed by atoms with Crippen molar-refractivity contribution in [1.82, 2.24) is 14.3 Å². The van der Waals surface area contributed by atoms with Crippen LogP contribution in [0, 0.1) is 20.8 Å². The Labute approximate surface area is 124 Å². The minimum atomic E-state index is 0.182. The summed E-state index contributed by atoms with van der Waals surface area (Å²) in [5.41, 5.74) is 4.04. The lowest BCUT2D eigenvalue weighted by atomic mass is 10.2. The van der Waals surface area contributed by atoms with Crippen LogP contribution in [-0.4, -0.2) is 25.9 Å². The van der Waals surface area contributed by atoms with E-state index in [-0.39, 0.29) is 5.78 Å². The Bertz CT molecular complexity index is 640. The van der Waals surface area contributed by atoms with Gasteiger partial charge in [-0.15, -0.1) is 0 Å². The van der Waals surface area contributed by atoms with E-state index < -0.39 is 0 Å². The lowest BCUT2D eigenvalue weighted by Crippen LogP contribution is -2.06. The number of hydrogen-bond acceptors (Lipinski definition) is 3. The van der Waals surface area contributed by atoms with Crippen LogP contribution in [-0.2, 0) is 13.6 Å². The first-order valence-corrected chi connectivity index (χ1v) is 7.76. The van der Waals surface area contributed by atoms with Crippen molar-refractivity contribution in [2.24, 2.45) is 7.05 Å². The summed E-state index contributed by atoms with van der Waals surface area (Å²) in [6, 6.07) is 4.00. The van der Waals surface area contributed by atoms with E-state index >= 15 is 0 Å². The van der Waals surface area contributed by atoms with E-state index in [2.05, 4.69) is 16.6 Å². The number of aromatic nitrogens is 3. The number of Topliss-reactive ketones (excluding diaryl/α,β-unsaturated/α-hetero) is 1. The lowest BCUT2D eigenvalue weighted by molar-refractivity contribution is 0.102. The zero-order chi connectivity index (χ0) is 14.9. The van der Waals surface area contributed by atoms with Gasteiger partial charge in [0.25, 0.3) is 0 Å². The normalized spacial score (nSPS) is 11.1. The molecule has 0 fully saturated rings. The number of rotatable bonds is 5. The number of thioether (sulfide) groups is 1. The number of ketones is 1. The second-order valence-electron chi connectivity index (χ2n) is 4.99. The van der Waals surface area contributed by atoms with E-state index in [9.17, 15) is 4.79 Å². The molecule has 108 valence electrons. The van der Waals surface area contributed by atoms with Crippen LogP contribution >= 0.6 is 11.8 Å². The summed E-state index contributed by atoms with van der Waals surface area (Å²) in [7, 11) is 1.91. The van der Waals surface area contributed by atoms with Crippen LogP contribution in [0.2, 0.25) is 0 Å². The molecule has 0 aliphatic heterocycles. The van der Waals surface area contributed by atoms with Crippen molar-refractivity contribution in [2.45, 2.75) is 39.3 Å². The molecule has 5 heteroatoms. The Kier molecular flexibility index (Phi) is 4.38. The monoisotopic (exact) mass is 291 g/mol. The van der Waals surface area contributed by atoms with Crippen LogP contribution in [0.25, 0.3) is 0 Å². The maximum atomic E-state index is 12.4. The largest absolute Gasteiger partial charge is 0.349 e. The van der Waals surface area contributed by atoms with Crippen molar-refractivity contribution in [3.8, 4) is 0 Å². The molecule has 2 aromatic rings. The molecule has 0 amide bonds. The molecule has 20 heavy (non-hydrogen) atoms. The van der Waals surface area contributed by atoms with Crippen LogP contribution < -0.4 is 0 Å². The highest BCUT2D eigenvalue weighted by Crippen LogP contribution is 2.22. The van der Waals surface area contributed by atoms with Crippen molar-refractivity contribution in [1.29, 1.82) is 0 Å². The molecule has 0 bridgehead atoms. The molecule has 4 nitrogen and oxygen atoms in total. The SMILES string of the molecule is CCn1c(C)cc(C(=O)CSc2cc(C)nn2C)c1C. The summed E-state index contributed by atoms with van der Waals surface area (Å²) < 4.78 is 3.99. The van der Waals surface area contributed by atoms with Gasteiger partial charge >= 0.3 is 0 Å². The van der Waals surface area contributed by atoms with Crippen molar-refractivity contribution in [3.63, 3.8) is 0 Å². The molecule has 2 aromatic heterocycles. The lowest BCUT2D eigenvalue weighted by Gasteiger charge is -2.05. The zero-order valence-corrected chi connectivity index (χ0v) is 13.5. The Morgan fingerprint density at radius 2 is 2.00 bits per heavy atom. The molecular weight excluding hydrogens is 270 g/mol. The Balaban J connectivity index is 2.11. The molecule has 0 unspecified atom stereocenters. The van der Waals surface area contributed by atoms with Gasteiger partial charge in [0.05, 0.1) is 16.5 Å². The molecule has 0 saturated heterocycles. The van der Waals surface area contributed by atoms with Gasteiger partial charge in [-0.1, -0.05) is 11.8 Å². The second kappa shape index (κ2) is 5.87. The minimum absolute atomic E-state index is 0.182. The summed E-state index contributed by atoms with van der Waals surface area (Å²) in [4.78, 5) is 12.4. The molecule has 0 saturated carbocycles. The quantitative estimate of drug-likeness (QED) is 0.627. The first-order valence-electron chi connectivity index (χ1n) is 6.77.